The average Bonchev–Trinajstić information content (AvgIpc) is 2.86. The lowest BCUT2D eigenvalue weighted by Crippen LogP contribution is -2.28. The summed E-state index contributed by atoms with van der Waals surface area (Å²) in [5.74, 6) is 1.26. The van der Waals surface area contributed by atoms with E-state index in [1.165, 1.54) is 0 Å². The Bertz CT molecular complexity index is 601. The number of nitrogen functional groups attached to an aromatic ring is 1. The molecule has 0 amide bonds. The molecule has 0 aliphatic carbocycles. The van der Waals surface area contributed by atoms with Gasteiger partial charge >= 0.3 is 0 Å². The second-order valence-electron chi connectivity index (χ2n) is 4.52. The molecule has 1 unspecified atom stereocenters. The van der Waals surface area contributed by atoms with E-state index < -0.39 is 0 Å². The lowest BCUT2D eigenvalue weighted by molar-refractivity contribution is 0.254. The Hall–Kier alpha value is -1.71. The highest BCUT2D eigenvalue weighted by molar-refractivity contribution is 7.16. The third kappa shape index (κ3) is 3.19. The molecule has 100 valence electrons. The quantitative estimate of drug-likeness (QED) is 0.905. The van der Waals surface area contributed by atoms with Gasteiger partial charge < -0.3 is 5.73 Å². The van der Waals surface area contributed by atoms with E-state index in [4.69, 9.17) is 11.0 Å². The van der Waals surface area contributed by atoms with Crippen LogP contribution in [0.4, 0.5) is 5.82 Å². The predicted molar refractivity (Wildman–Crippen MR) is 77.6 cm³/mol. The largest absolute Gasteiger partial charge is 0.383 e. The third-order valence-corrected chi connectivity index (χ3v) is 3.77. The topological polar surface area (TPSA) is 78.8 Å². The van der Waals surface area contributed by atoms with Crippen LogP contribution in [0.1, 0.15) is 19.7 Å². The van der Waals surface area contributed by atoms with E-state index >= 15 is 0 Å². The summed E-state index contributed by atoms with van der Waals surface area (Å²) in [7, 11) is 0. The number of thiophene rings is 1. The monoisotopic (exact) mass is 275 g/mol. The fourth-order valence-corrected chi connectivity index (χ4v) is 2.72. The summed E-state index contributed by atoms with van der Waals surface area (Å²) in [4.78, 5) is 11.9. The number of hydrogen-bond acceptors (Lipinski definition) is 6. The molecule has 6 heteroatoms. The molecule has 0 saturated heterocycles. The zero-order valence-corrected chi connectivity index (χ0v) is 11.9. The minimum Gasteiger partial charge on any atom is -0.383 e. The zero-order chi connectivity index (χ0) is 13.8. The van der Waals surface area contributed by atoms with Crippen molar-refractivity contribution >= 4 is 27.4 Å². The fourth-order valence-electron chi connectivity index (χ4n) is 1.93. The van der Waals surface area contributed by atoms with Crippen molar-refractivity contribution < 1.29 is 0 Å². The summed E-state index contributed by atoms with van der Waals surface area (Å²) in [5.41, 5.74) is 5.93. The maximum atomic E-state index is 8.88. The van der Waals surface area contributed by atoms with Gasteiger partial charge in [0, 0.05) is 6.54 Å². The number of hydrogen-bond donors (Lipinski definition) is 1. The van der Waals surface area contributed by atoms with Crippen molar-refractivity contribution in [3.05, 3.63) is 17.3 Å². The third-order valence-electron chi connectivity index (χ3n) is 2.97. The first kappa shape index (κ1) is 13.7. The first-order valence-electron chi connectivity index (χ1n) is 6.25. The van der Waals surface area contributed by atoms with Gasteiger partial charge in [0.15, 0.2) is 0 Å². The number of anilines is 1. The van der Waals surface area contributed by atoms with E-state index in [1.807, 2.05) is 18.4 Å². The van der Waals surface area contributed by atoms with Gasteiger partial charge in [0.05, 0.1) is 23.9 Å². The number of nitrogens with zero attached hydrogens (tertiary/aromatic N) is 4. The highest BCUT2D eigenvalue weighted by Gasteiger charge is 2.12. The molecule has 2 heterocycles. The van der Waals surface area contributed by atoms with Crippen LogP contribution in [0.25, 0.3) is 10.2 Å². The fraction of sp³-hybridized carbons (Fsp3) is 0.462. The Morgan fingerprint density at radius 1 is 1.53 bits per heavy atom. The van der Waals surface area contributed by atoms with Gasteiger partial charge in [-0.3, -0.25) is 4.90 Å². The summed E-state index contributed by atoms with van der Waals surface area (Å²) < 4.78 is 0. The molecule has 0 aliphatic heterocycles. The molecule has 2 aromatic rings. The number of nitrogens with two attached hydrogens (primary N) is 1. The van der Waals surface area contributed by atoms with Gasteiger partial charge in [0.1, 0.15) is 16.5 Å². The van der Waals surface area contributed by atoms with Crippen LogP contribution in [-0.4, -0.2) is 28.0 Å². The molecule has 2 rings (SSSR count). The Morgan fingerprint density at radius 3 is 3.00 bits per heavy atom. The van der Waals surface area contributed by atoms with Crippen molar-refractivity contribution in [3.63, 3.8) is 0 Å². The van der Waals surface area contributed by atoms with Crippen molar-refractivity contribution in [2.75, 3.05) is 18.8 Å². The molecular formula is C13H17N5S. The number of aromatic nitrogens is 2. The first-order valence-corrected chi connectivity index (χ1v) is 7.13. The second kappa shape index (κ2) is 5.95. The first-order chi connectivity index (χ1) is 9.13. The van der Waals surface area contributed by atoms with Crippen LogP contribution >= 0.6 is 11.3 Å². The molecule has 2 aromatic heterocycles. The molecule has 2 N–H and O–H groups in total. The Balaban J connectivity index is 2.17. The Kier molecular flexibility index (Phi) is 4.30. The van der Waals surface area contributed by atoms with E-state index in [9.17, 15) is 0 Å². The van der Waals surface area contributed by atoms with Crippen molar-refractivity contribution in [3.8, 4) is 6.07 Å². The number of fused-ring (bicyclic) bond motifs is 1. The van der Waals surface area contributed by atoms with Crippen LogP contribution in [0.2, 0.25) is 0 Å². The van der Waals surface area contributed by atoms with Crippen molar-refractivity contribution in [2.24, 2.45) is 5.92 Å². The average molecular weight is 275 g/mol. The van der Waals surface area contributed by atoms with Gasteiger partial charge in [-0.05, 0) is 24.9 Å². The molecule has 1 atom stereocenters. The summed E-state index contributed by atoms with van der Waals surface area (Å²) in [5, 5.41) is 11.8. The van der Waals surface area contributed by atoms with Crippen LogP contribution in [0.15, 0.2) is 11.4 Å². The number of nitriles is 1. The van der Waals surface area contributed by atoms with Crippen LogP contribution in [0.3, 0.4) is 0 Å². The summed E-state index contributed by atoms with van der Waals surface area (Å²) in [6.45, 7) is 6.19. The number of rotatable bonds is 5. The molecule has 19 heavy (non-hydrogen) atoms. The summed E-state index contributed by atoms with van der Waals surface area (Å²) in [6.07, 6.45) is 0. The minimum absolute atomic E-state index is 0.00256. The molecule has 0 saturated carbocycles. The van der Waals surface area contributed by atoms with Gasteiger partial charge in [-0.1, -0.05) is 6.92 Å². The Labute approximate surface area is 116 Å². The molecule has 5 nitrogen and oxygen atoms in total. The highest BCUT2D eigenvalue weighted by atomic mass is 32.1. The predicted octanol–water partition coefficient (Wildman–Crippen LogP) is 2.26. The second-order valence-corrected chi connectivity index (χ2v) is 5.42. The van der Waals surface area contributed by atoms with E-state index in [-0.39, 0.29) is 5.92 Å². The zero-order valence-electron chi connectivity index (χ0n) is 11.1. The van der Waals surface area contributed by atoms with Crippen LogP contribution in [0, 0.1) is 17.2 Å². The SMILES string of the molecule is CCN(Cc1nc(N)c2ccsc2n1)CC(C)C#N. The van der Waals surface area contributed by atoms with Crippen molar-refractivity contribution in [2.45, 2.75) is 20.4 Å². The highest BCUT2D eigenvalue weighted by Crippen LogP contribution is 2.23. The molecule has 0 bridgehead atoms. The van der Waals surface area contributed by atoms with Crippen LogP contribution in [0.5, 0.6) is 0 Å². The summed E-state index contributed by atoms with van der Waals surface area (Å²) in [6, 6.07) is 4.19. The minimum atomic E-state index is 0.00256. The lowest BCUT2D eigenvalue weighted by atomic mass is 10.2. The van der Waals surface area contributed by atoms with Crippen LogP contribution < -0.4 is 5.73 Å². The van der Waals surface area contributed by atoms with Gasteiger partial charge in [-0.15, -0.1) is 11.3 Å². The smallest absolute Gasteiger partial charge is 0.146 e. The van der Waals surface area contributed by atoms with Crippen LogP contribution in [-0.2, 0) is 6.54 Å². The van der Waals surface area contributed by atoms with E-state index in [0.717, 1.165) is 29.1 Å². The van der Waals surface area contributed by atoms with E-state index in [2.05, 4.69) is 27.9 Å². The van der Waals surface area contributed by atoms with Gasteiger partial charge in [-0.2, -0.15) is 5.26 Å². The Morgan fingerprint density at radius 2 is 2.32 bits per heavy atom. The molecule has 0 fully saturated rings. The molecule has 0 aromatic carbocycles. The van der Waals surface area contributed by atoms with Gasteiger partial charge in [-0.25, -0.2) is 9.97 Å². The molecule has 0 radical (unpaired) electrons. The van der Waals surface area contributed by atoms with Crippen molar-refractivity contribution in [1.29, 1.82) is 5.26 Å². The maximum Gasteiger partial charge on any atom is 0.146 e. The maximum absolute atomic E-state index is 8.88. The molecule has 0 aliphatic rings. The normalized spacial score (nSPS) is 12.7. The van der Waals surface area contributed by atoms with E-state index in [1.54, 1.807) is 11.3 Å². The standard InChI is InChI=1S/C13H17N5S/c1-3-18(7-9(2)6-14)8-11-16-12(15)10-4-5-19-13(10)17-11/h4-5,9H,3,7-8H2,1-2H3,(H2,15,16,17). The van der Waals surface area contributed by atoms with Crippen molar-refractivity contribution in [1.82, 2.24) is 14.9 Å². The van der Waals surface area contributed by atoms with E-state index in [0.29, 0.717) is 12.4 Å². The molecule has 0 spiro atoms. The lowest BCUT2D eigenvalue weighted by Gasteiger charge is -2.20. The molecular weight excluding hydrogens is 258 g/mol. The van der Waals surface area contributed by atoms with Gasteiger partial charge in [0.25, 0.3) is 0 Å². The summed E-state index contributed by atoms with van der Waals surface area (Å²) >= 11 is 1.57. The van der Waals surface area contributed by atoms with Gasteiger partial charge in [0.2, 0.25) is 0 Å².